The summed E-state index contributed by atoms with van der Waals surface area (Å²) in [6, 6.07) is 10.0. The third kappa shape index (κ3) is 3.40. The smallest absolute Gasteiger partial charge is 0.0645 e. The zero-order valence-electron chi connectivity index (χ0n) is 7.61. The third-order valence-electron chi connectivity index (χ3n) is 1.88. The molecule has 1 aromatic carbocycles. The minimum atomic E-state index is 0.0894. The highest BCUT2D eigenvalue weighted by Crippen LogP contribution is 2.06. The van der Waals surface area contributed by atoms with E-state index < -0.39 is 0 Å². The molecule has 3 N–H and O–H groups in total. The Morgan fingerprint density at radius 2 is 2.00 bits per heavy atom. The van der Waals surface area contributed by atoms with Crippen molar-refractivity contribution in [1.29, 1.82) is 0 Å². The van der Waals surface area contributed by atoms with Crippen molar-refractivity contribution in [3.05, 3.63) is 47.5 Å². The normalized spacial score (nSPS) is 11.7. The Kier molecular flexibility index (Phi) is 4.23. The van der Waals surface area contributed by atoms with Gasteiger partial charge in [-0.25, -0.2) is 0 Å². The first-order chi connectivity index (χ1) is 6.36. The fraction of sp³-hybridized carbons (Fsp3) is 0.273. The van der Waals surface area contributed by atoms with E-state index in [1.165, 1.54) is 5.56 Å². The molecule has 0 saturated heterocycles. The molecular formula is C11H15NO. The van der Waals surface area contributed by atoms with Crippen LogP contribution >= 0.6 is 0 Å². The van der Waals surface area contributed by atoms with Gasteiger partial charge in [-0.1, -0.05) is 36.4 Å². The summed E-state index contributed by atoms with van der Waals surface area (Å²) in [5, 5.41) is 8.99. The molecule has 0 aliphatic rings. The van der Waals surface area contributed by atoms with Gasteiger partial charge in [0.15, 0.2) is 0 Å². The van der Waals surface area contributed by atoms with E-state index in [0.29, 0.717) is 6.54 Å². The van der Waals surface area contributed by atoms with Gasteiger partial charge in [0, 0.05) is 6.54 Å². The Labute approximate surface area is 78.7 Å². The molecule has 0 radical (unpaired) electrons. The number of aliphatic hydroxyl groups excluding tert-OH is 1. The van der Waals surface area contributed by atoms with E-state index >= 15 is 0 Å². The molecular weight excluding hydrogens is 162 g/mol. The first-order valence-corrected chi connectivity index (χ1v) is 4.39. The zero-order valence-corrected chi connectivity index (χ0v) is 7.61. The molecule has 0 fully saturated rings. The van der Waals surface area contributed by atoms with Crippen molar-refractivity contribution in [3.8, 4) is 0 Å². The van der Waals surface area contributed by atoms with Gasteiger partial charge in [0.1, 0.15) is 0 Å². The zero-order chi connectivity index (χ0) is 9.52. The van der Waals surface area contributed by atoms with Crippen molar-refractivity contribution in [3.63, 3.8) is 0 Å². The molecule has 0 unspecified atom stereocenters. The standard InChI is InChI=1S/C11H15NO/c12-7-6-11(9-13)8-10-4-2-1-3-5-10/h1-6,13H,7-9,12H2/b11-6+. The number of aliphatic hydroxyl groups is 1. The number of hydrogen-bond donors (Lipinski definition) is 2. The van der Waals surface area contributed by atoms with Crippen LogP contribution in [-0.4, -0.2) is 18.3 Å². The molecule has 0 atom stereocenters. The highest BCUT2D eigenvalue weighted by Gasteiger charge is 1.96. The first-order valence-electron chi connectivity index (χ1n) is 4.39. The molecule has 0 aliphatic heterocycles. The topological polar surface area (TPSA) is 46.2 Å². The minimum Gasteiger partial charge on any atom is -0.392 e. The highest BCUT2D eigenvalue weighted by molar-refractivity contribution is 5.22. The summed E-state index contributed by atoms with van der Waals surface area (Å²) in [4.78, 5) is 0. The summed E-state index contributed by atoms with van der Waals surface area (Å²) < 4.78 is 0. The van der Waals surface area contributed by atoms with Crippen LogP contribution in [0.25, 0.3) is 0 Å². The van der Waals surface area contributed by atoms with Gasteiger partial charge in [0.2, 0.25) is 0 Å². The predicted octanol–water partition coefficient (Wildman–Crippen LogP) is 1.11. The Morgan fingerprint density at radius 1 is 1.31 bits per heavy atom. The quantitative estimate of drug-likeness (QED) is 0.677. The van der Waals surface area contributed by atoms with Crippen LogP contribution in [0.3, 0.4) is 0 Å². The first kappa shape index (κ1) is 9.96. The second-order valence-electron chi connectivity index (χ2n) is 2.92. The highest BCUT2D eigenvalue weighted by atomic mass is 16.3. The third-order valence-corrected chi connectivity index (χ3v) is 1.88. The van der Waals surface area contributed by atoms with Crippen molar-refractivity contribution in [2.24, 2.45) is 5.73 Å². The monoisotopic (exact) mass is 177 g/mol. The molecule has 1 aromatic rings. The van der Waals surface area contributed by atoms with Crippen molar-refractivity contribution in [1.82, 2.24) is 0 Å². The maximum absolute atomic E-state index is 8.99. The molecule has 0 saturated carbocycles. The summed E-state index contributed by atoms with van der Waals surface area (Å²) in [6.45, 7) is 0.578. The molecule has 1 rings (SSSR count). The van der Waals surface area contributed by atoms with Crippen LogP contribution in [-0.2, 0) is 6.42 Å². The second kappa shape index (κ2) is 5.51. The summed E-state index contributed by atoms with van der Waals surface area (Å²) in [7, 11) is 0. The van der Waals surface area contributed by atoms with Gasteiger partial charge in [0.25, 0.3) is 0 Å². The fourth-order valence-corrected chi connectivity index (χ4v) is 1.22. The Bertz CT molecular complexity index is 267. The van der Waals surface area contributed by atoms with Gasteiger partial charge < -0.3 is 10.8 Å². The summed E-state index contributed by atoms with van der Waals surface area (Å²) in [6.07, 6.45) is 2.65. The van der Waals surface area contributed by atoms with E-state index in [0.717, 1.165) is 12.0 Å². The average molecular weight is 177 g/mol. The second-order valence-corrected chi connectivity index (χ2v) is 2.92. The number of benzene rings is 1. The number of rotatable bonds is 4. The molecule has 0 aromatic heterocycles. The lowest BCUT2D eigenvalue weighted by atomic mass is 10.1. The number of nitrogens with two attached hydrogens (primary N) is 1. The van der Waals surface area contributed by atoms with E-state index in [4.69, 9.17) is 10.8 Å². The van der Waals surface area contributed by atoms with E-state index in [9.17, 15) is 0 Å². The molecule has 2 nitrogen and oxygen atoms in total. The fourth-order valence-electron chi connectivity index (χ4n) is 1.22. The van der Waals surface area contributed by atoms with Gasteiger partial charge in [-0.2, -0.15) is 0 Å². The number of hydrogen-bond acceptors (Lipinski definition) is 2. The summed E-state index contributed by atoms with van der Waals surface area (Å²) in [5.41, 5.74) is 7.56. The van der Waals surface area contributed by atoms with Crippen LogP contribution in [0, 0.1) is 0 Å². The molecule has 0 aliphatic carbocycles. The van der Waals surface area contributed by atoms with Crippen LogP contribution < -0.4 is 5.73 Å². The lowest BCUT2D eigenvalue weighted by Gasteiger charge is -2.03. The molecule has 0 heterocycles. The maximum Gasteiger partial charge on any atom is 0.0645 e. The van der Waals surface area contributed by atoms with Crippen LogP contribution in [0.15, 0.2) is 42.0 Å². The maximum atomic E-state index is 8.99. The Hall–Kier alpha value is -1.12. The van der Waals surface area contributed by atoms with Crippen LogP contribution in [0.1, 0.15) is 5.56 Å². The van der Waals surface area contributed by atoms with Gasteiger partial charge in [-0.15, -0.1) is 0 Å². The van der Waals surface area contributed by atoms with Gasteiger partial charge in [-0.3, -0.25) is 0 Å². The van der Waals surface area contributed by atoms with Gasteiger partial charge >= 0.3 is 0 Å². The average Bonchev–Trinajstić information content (AvgIpc) is 2.19. The van der Waals surface area contributed by atoms with Crippen molar-refractivity contribution in [2.45, 2.75) is 6.42 Å². The molecule has 0 bridgehead atoms. The molecule has 2 heteroatoms. The van der Waals surface area contributed by atoms with Crippen LogP contribution in [0.5, 0.6) is 0 Å². The Balaban J connectivity index is 2.62. The Morgan fingerprint density at radius 3 is 2.54 bits per heavy atom. The van der Waals surface area contributed by atoms with Gasteiger partial charge in [-0.05, 0) is 17.6 Å². The lowest BCUT2D eigenvalue weighted by Crippen LogP contribution is -2.01. The van der Waals surface area contributed by atoms with Crippen molar-refractivity contribution < 1.29 is 5.11 Å². The van der Waals surface area contributed by atoms with E-state index in [1.807, 2.05) is 36.4 Å². The van der Waals surface area contributed by atoms with E-state index in [1.54, 1.807) is 0 Å². The van der Waals surface area contributed by atoms with Crippen LogP contribution in [0.2, 0.25) is 0 Å². The molecule has 0 spiro atoms. The van der Waals surface area contributed by atoms with E-state index in [2.05, 4.69) is 0 Å². The minimum absolute atomic E-state index is 0.0894. The SMILES string of the molecule is NC/C=C(/CO)Cc1ccccc1. The van der Waals surface area contributed by atoms with Crippen LogP contribution in [0.4, 0.5) is 0 Å². The largest absolute Gasteiger partial charge is 0.392 e. The molecule has 0 amide bonds. The van der Waals surface area contributed by atoms with E-state index in [-0.39, 0.29) is 6.61 Å². The van der Waals surface area contributed by atoms with Crippen molar-refractivity contribution >= 4 is 0 Å². The summed E-state index contributed by atoms with van der Waals surface area (Å²) in [5.74, 6) is 0. The molecule has 70 valence electrons. The van der Waals surface area contributed by atoms with Gasteiger partial charge in [0.05, 0.1) is 6.61 Å². The lowest BCUT2D eigenvalue weighted by molar-refractivity contribution is 0.328. The molecule has 13 heavy (non-hydrogen) atoms. The van der Waals surface area contributed by atoms with Crippen molar-refractivity contribution in [2.75, 3.05) is 13.2 Å². The summed E-state index contributed by atoms with van der Waals surface area (Å²) >= 11 is 0. The predicted molar refractivity (Wildman–Crippen MR) is 54.4 cm³/mol.